The Morgan fingerprint density at radius 3 is 2.64 bits per heavy atom. The molecule has 0 aliphatic carbocycles. The molecule has 0 saturated carbocycles. The summed E-state index contributed by atoms with van der Waals surface area (Å²) in [5, 5.41) is 9.72. The van der Waals surface area contributed by atoms with Gasteiger partial charge in [0.25, 0.3) is 0 Å². The molecule has 0 atom stereocenters. The Balaban J connectivity index is 2.42. The number of nitrogens with zero attached hydrogens (tertiary/aromatic N) is 1. The van der Waals surface area contributed by atoms with Crippen molar-refractivity contribution >= 4 is 21.9 Å². The van der Waals surface area contributed by atoms with Crippen LogP contribution in [-0.4, -0.2) is 7.11 Å². The molecular weight excluding hydrogens is 295 g/mol. The number of alkyl halides is 3. The number of nitriles is 1. The minimum atomic E-state index is -4.44. The largest absolute Gasteiger partial charge is 0.493 e. The average Bonchev–Trinajstić information content (AvgIpc) is 2.85. The van der Waals surface area contributed by atoms with Gasteiger partial charge >= 0.3 is 6.18 Å². The van der Waals surface area contributed by atoms with Crippen molar-refractivity contribution in [3.05, 3.63) is 41.5 Å². The van der Waals surface area contributed by atoms with Gasteiger partial charge in [-0.05, 0) is 29.8 Å². The number of hydrogen-bond acceptors (Lipinski definition) is 3. The van der Waals surface area contributed by atoms with Crippen LogP contribution in [0.5, 0.6) is 5.75 Å². The lowest BCUT2D eigenvalue weighted by Gasteiger charge is -2.06. The highest BCUT2D eigenvalue weighted by Crippen LogP contribution is 2.40. The van der Waals surface area contributed by atoms with Crippen LogP contribution in [0.2, 0.25) is 0 Å². The van der Waals surface area contributed by atoms with Crippen molar-refractivity contribution in [2.45, 2.75) is 12.6 Å². The Morgan fingerprint density at radius 1 is 1.23 bits per heavy atom. The topological polar surface area (TPSA) is 46.2 Å². The molecule has 0 amide bonds. The fourth-order valence-electron chi connectivity index (χ4n) is 2.49. The van der Waals surface area contributed by atoms with E-state index in [1.807, 2.05) is 6.07 Å². The van der Waals surface area contributed by atoms with Crippen molar-refractivity contribution in [1.82, 2.24) is 0 Å². The molecule has 3 rings (SSSR count). The predicted octanol–water partition coefficient (Wildman–Crippen LogP) is 4.68. The van der Waals surface area contributed by atoms with E-state index in [1.165, 1.54) is 13.2 Å². The molecule has 0 aliphatic heterocycles. The Labute approximate surface area is 123 Å². The number of rotatable bonds is 2. The maximum atomic E-state index is 12.9. The van der Waals surface area contributed by atoms with Gasteiger partial charge < -0.3 is 9.15 Å². The molecule has 0 fully saturated rings. The summed E-state index contributed by atoms with van der Waals surface area (Å²) in [5.74, 6) is 0.418. The summed E-state index contributed by atoms with van der Waals surface area (Å²) in [5.41, 5.74) is 0.529. The molecule has 0 radical (unpaired) electrons. The SMILES string of the molecule is COc1ccc(CC#N)c2c1oc1ccc(C(F)(F)F)cc12. The summed E-state index contributed by atoms with van der Waals surface area (Å²) in [7, 11) is 1.45. The van der Waals surface area contributed by atoms with Gasteiger partial charge in [0.05, 0.1) is 25.2 Å². The molecule has 0 aliphatic rings. The molecule has 22 heavy (non-hydrogen) atoms. The molecule has 3 nitrogen and oxygen atoms in total. The van der Waals surface area contributed by atoms with Gasteiger partial charge in [-0.15, -0.1) is 0 Å². The zero-order valence-electron chi connectivity index (χ0n) is 11.5. The first-order valence-corrected chi connectivity index (χ1v) is 6.42. The van der Waals surface area contributed by atoms with Gasteiger partial charge in [-0.3, -0.25) is 0 Å². The van der Waals surface area contributed by atoms with Crippen molar-refractivity contribution in [3.63, 3.8) is 0 Å². The van der Waals surface area contributed by atoms with E-state index < -0.39 is 11.7 Å². The first kappa shape index (κ1) is 14.3. The second-order valence-corrected chi connectivity index (χ2v) is 4.78. The molecule has 112 valence electrons. The molecule has 0 N–H and O–H groups in total. The smallest absolute Gasteiger partial charge is 0.416 e. The lowest BCUT2D eigenvalue weighted by molar-refractivity contribution is -0.137. The normalized spacial score (nSPS) is 11.8. The van der Waals surface area contributed by atoms with Crippen LogP contribution < -0.4 is 4.74 Å². The number of halogens is 3. The van der Waals surface area contributed by atoms with Crippen LogP contribution in [0.1, 0.15) is 11.1 Å². The van der Waals surface area contributed by atoms with Crippen molar-refractivity contribution in [2.24, 2.45) is 0 Å². The average molecular weight is 305 g/mol. The zero-order valence-corrected chi connectivity index (χ0v) is 11.5. The molecule has 1 heterocycles. The van der Waals surface area contributed by atoms with Crippen molar-refractivity contribution < 1.29 is 22.3 Å². The van der Waals surface area contributed by atoms with E-state index in [4.69, 9.17) is 14.4 Å². The van der Waals surface area contributed by atoms with Gasteiger partial charge in [0, 0.05) is 10.8 Å². The molecule has 0 spiro atoms. The van der Waals surface area contributed by atoms with Gasteiger partial charge in [0.15, 0.2) is 11.3 Å². The van der Waals surface area contributed by atoms with Crippen LogP contribution in [0.4, 0.5) is 13.2 Å². The van der Waals surface area contributed by atoms with Gasteiger partial charge in [-0.2, -0.15) is 18.4 Å². The third-order valence-corrected chi connectivity index (χ3v) is 3.49. The number of furan rings is 1. The third kappa shape index (κ3) is 2.15. The summed E-state index contributed by atoms with van der Waals surface area (Å²) in [4.78, 5) is 0. The monoisotopic (exact) mass is 305 g/mol. The van der Waals surface area contributed by atoms with E-state index in [0.29, 0.717) is 33.3 Å². The molecular formula is C16H10F3NO2. The van der Waals surface area contributed by atoms with E-state index >= 15 is 0 Å². The fraction of sp³-hybridized carbons (Fsp3) is 0.188. The third-order valence-electron chi connectivity index (χ3n) is 3.49. The Morgan fingerprint density at radius 2 is 2.00 bits per heavy atom. The first-order chi connectivity index (χ1) is 10.5. The summed E-state index contributed by atoms with van der Waals surface area (Å²) in [6, 6.07) is 8.62. The lowest BCUT2D eigenvalue weighted by Crippen LogP contribution is -2.03. The summed E-state index contributed by atoms with van der Waals surface area (Å²) in [6.45, 7) is 0. The highest BCUT2D eigenvalue weighted by molar-refractivity contribution is 6.09. The van der Waals surface area contributed by atoms with Crippen LogP contribution in [-0.2, 0) is 12.6 Å². The number of hydrogen-bond donors (Lipinski definition) is 0. The Bertz CT molecular complexity index is 904. The number of methoxy groups -OCH3 is 1. The predicted molar refractivity (Wildman–Crippen MR) is 74.6 cm³/mol. The van der Waals surface area contributed by atoms with Crippen molar-refractivity contribution in [2.75, 3.05) is 7.11 Å². The van der Waals surface area contributed by atoms with E-state index in [-0.39, 0.29) is 6.42 Å². The number of fused-ring (bicyclic) bond motifs is 3. The van der Waals surface area contributed by atoms with E-state index in [2.05, 4.69) is 0 Å². The second kappa shape index (κ2) is 4.95. The van der Waals surface area contributed by atoms with Crippen LogP contribution >= 0.6 is 0 Å². The standard InChI is InChI=1S/C16H10F3NO2/c1-21-13-4-2-9(6-7-20)14-11-8-10(16(17,18)19)3-5-12(11)22-15(13)14/h2-5,8H,6H2,1H3. The Hall–Kier alpha value is -2.68. The van der Waals surface area contributed by atoms with Crippen LogP contribution in [0.3, 0.4) is 0 Å². The van der Waals surface area contributed by atoms with E-state index in [1.54, 1.807) is 12.1 Å². The van der Waals surface area contributed by atoms with Crippen LogP contribution in [0, 0.1) is 11.3 Å². The Kier molecular flexibility index (Phi) is 3.21. The van der Waals surface area contributed by atoms with Gasteiger partial charge in [0.2, 0.25) is 0 Å². The molecule has 0 saturated heterocycles. The second-order valence-electron chi connectivity index (χ2n) is 4.78. The first-order valence-electron chi connectivity index (χ1n) is 6.42. The molecule has 6 heteroatoms. The van der Waals surface area contributed by atoms with E-state index in [9.17, 15) is 13.2 Å². The maximum absolute atomic E-state index is 12.9. The van der Waals surface area contributed by atoms with Gasteiger partial charge in [0.1, 0.15) is 5.58 Å². The van der Waals surface area contributed by atoms with E-state index in [0.717, 1.165) is 12.1 Å². The summed E-state index contributed by atoms with van der Waals surface area (Å²) >= 11 is 0. The van der Waals surface area contributed by atoms with Gasteiger partial charge in [-0.1, -0.05) is 6.07 Å². The fourth-order valence-corrected chi connectivity index (χ4v) is 2.49. The summed E-state index contributed by atoms with van der Waals surface area (Å²) < 4.78 is 49.5. The van der Waals surface area contributed by atoms with Crippen LogP contribution in [0.25, 0.3) is 21.9 Å². The maximum Gasteiger partial charge on any atom is 0.416 e. The molecule has 0 unspecified atom stereocenters. The van der Waals surface area contributed by atoms with Crippen molar-refractivity contribution in [3.8, 4) is 11.8 Å². The molecule has 3 aromatic rings. The number of benzene rings is 2. The lowest BCUT2D eigenvalue weighted by atomic mass is 10.0. The summed E-state index contributed by atoms with van der Waals surface area (Å²) in [6.07, 6.45) is -4.36. The quantitative estimate of drug-likeness (QED) is 0.690. The molecule has 0 bridgehead atoms. The van der Waals surface area contributed by atoms with Crippen LogP contribution in [0.15, 0.2) is 34.7 Å². The zero-order chi connectivity index (χ0) is 15.9. The molecule has 1 aromatic heterocycles. The minimum absolute atomic E-state index is 0.0748. The van der Waals surface area contributed by atoms with Gasteiger partial charge in [-0.25, -0.2) is 0 Å². The molecule has 2 aromatic carbocycles. The number of ether oxygens (including phenoxy) is 1. The van der Waals surface area contributed by atoms with Crippen molar-refractivity contribution in [1.29, 1.82) is 5.26 Å². The highest BCUT2D eigenvalue weighted by atomic mass is 19.4. The highest BCUT2D eigenvalue weighted by Gasteiger charge is 2.31. The minimum Gasteiger partial charge on any atom is -0.493 e.